The van der Waals surface area contributed by atoms with E-state index in [0.29, 0.717) is 31.0 Å². The van der Waals surface area contributed by atoms with Gasteiger partial charge in [0.05, 0.1) is 32.2 Å². The third-order valence-corrected chi connectivity index (χ3v) is 6.35. The summed E-state index contributed by atoms with van der Waals surface area (Å²) >= 11 is 0. The Balaban J connectivity index is 0.000000284. The van der Waals surface area contributed by atoms with Gasteiger partial charge in [0.15, 0.2) is 11.5 Å². The number of aromatic nitrogens is 4. The van der Waals surface area contributed by atoms with Crippen molar-refractivity contribution in [3.63, 3.8) is 0 Å². The number of hydrogen-bond acceptors (Lipinski definition) is 14. The van der Waals surface area contributed by atoms with Crippen LogP contribution in [-0.4, -0.2) is 86.3 Å². The Hall–Kier alpha value is -2.04. The third kappa shape index (κ3) is 9.31. The lowest BCUT2D eigenvalue weighted by atomic mass is 10.2. The second kappa shape index (κ2) is 14.9. The molecule has 216 valence electrons. The van der Waals surface area contributed by atoms with E-state index in [0.717, 1.165) is 0 Å². The Bertz CT molecular complexity index is 1100. The molecule has 0 amide bonds. The summed E-state index contributed by atoms with van der Waals surface area (Å²) in [6.07, 6.45) is 0.802. The summed E-state index contributed by atoms with van der Waals surface area (Å²) in [5.74, 6) is -0.189. The lowest BCUT2D eigenvalue weighted by Gasteiger charge is -2.28. The van der Waals surface area contributed by atoms with Gasteiger partial charge >= 0.3 is 13.7 Å². The van der Waals surface area contributed by atoms with E-state index in [1.165, 1.54) is 12.7 Å². The number of nitrogens with one attached hydrogen (secondary N) is 1. The number of hydrogen-bond donors (Lipinski definition) is 5. The van der Waals surface area contributed by atoms with Crippen LogP contribution in [-0.2, 0) is 37.4 Å². The van der Waals surface area contributed by atoms with E-state index >= 15 is 0 Å². The van der Waals surface area contributed by atoms with Crippen molar-refractivity contribution < 1.29 is 47.4 Å². The molecule has 1 saturated heterocycles. The van der Waals surface area contributed by atoms with Gasteiger partial charge in [-0.2, -0.15) is 0 Å². The molecule has 3 heterocycles. The van der Waals surface area contributed by atoms with Crippen LogP contribution in [0.2, 0.25) is 0 Å². The number of imidazole rings is 1. The second-order valence-corrected chi connectivity index (χ2v) is 10.1. The van der Waals surface area contributed by atoms with Gasteiger partial charge in [-0.25, -0.2) is 30.3 Å². The molecule has 17 nitrogen and oxygen atoms in total. The monoisotopic (exact) mass is 583 g/mol. The maximum absolute atomic E-state index is 11.1. The summed E-state index contributed by atoms with van der Waals surface area (Å²) < 4.78 is 49.1. The number of fused-ring (bicyclic) bond motifs is 1. The Morgan fingerprint density at radius 1 is 1.29 bits per heavy atom. The summed E-state index contributed by atoms with van der Waals surface area (Å²) in [5, 5.41) is 12.6. The van der Waals surface area contributed by atoms with Crippen LogP contribution in [0, 0.1) is 0 Å². The number of nitrogens with two attached hydrogens (primary N) is 2. The average molecular weight is 583 g/mol. The molecule has 2 unspecified atom stereocenters. The van der Waals surface area contributed by atoms with Gasteiger partial charge in [-0.3, -0.25) is 13.9 Å². The van der Waals surface area contributed by atoms with Crippen molar-refractivity contribution in [1.29, 1.82) is 0 Å². The standard InChI is InChI=1S/C10H15N6O5P.C9H20NO5P/c11-9-8-10(14-3-13-9)16(4-15-8)7-1-5(17)6(21-7)2-20-22(12,18)19;1-4-13-8(11)7-10-9(16-12,14-5-2)15-6-3/h3-7,17H,1-2H2,(H2,11,13,14)(H3,12,18,19);10H,4-7,16H2,1-3H3/t5-,6+,7+;/m0./s1. The molecule has 19 heteroatoms. The van der Waals surface area contributed by atoms with Crippen molar-refractivity contribution in [1.82, 2.24) is 24.8 Å². The zero-order chi connectivity index (χ0) is 28.3. The highest BCUT2D eigenvalue weighted by Gasteiger charge is 2.37. The summed E-state index contributed by atoms with van der Waals surface area (Å²) in [5.41, 5.74) is 10.1. The molecule has 0 radical (unpaired) electrons. The number of ether oxygens (including phenoxy) is 4. The van der Waals surface area contributed by atoms with Crippen molar-refractivity contribution >= 4 is 39.2 Å². The normalized spacial score (nSPS) is 21.4. The molecule has 3 rings (SSSR count). The molecular formula is C19H35N7O10P2. The van der Waals surface area contributed by atoms with E-state index in [2.05, 4.69) is 24.8 Å². The van der Waals surface area contributed by atoms with Gasteiger partial charge < -0.3 is 39.2 Å². The molecule has 7 N–H and O–H groups in total. The Kier molecular flexibility index (Phi) is 12.6. The SMILES string of the molecule is CCOC(=O)CNC(OCC)(OCC)[PH2]=O.Nc1ncnc2c1ncn2[C@H]1C[C@H](O)[C@@H](COP(N)(=O)O)O1. The smallest absolute Gasteiger partial charge is 0.400 e. The molecule has 0 spiro atoms. The fraction of sp³-hybridized carbons (Fsp3) is 0.684. The number of aliphatic hydroxyl groups is 1. The zero-order valence-corrected chi connectivity index (χ0v) is 23.3. The number of nitrogen functional groups attached to an aromatic ring is 1. The molecular weight excluding hydrogens is 548 g/mol. The van der Waals surface area contributed by atoms with Gasteiger partial charge in [-0.15, -0.1) is 0 Å². The molecule has 0 aliphatic carbocycles. The number of anilines is 1. The van der Waals surface area contributed by atoms with Gasteiger partial charge in [-0.05, 0) is 20.8 Å². The number of carbonyl (C=O) groups is 1. The summed E-state index contributed by atoms with van der Waals surface area (Å²) in [7, 11) is -5.49. The first-order chi connectivity index (χ1) is 18.0. The van der Waals surface area contributed by atoms with Crippen molar-refractivity contribution in [2.75, 3.05) is 38.7 Å². The average Bonchev–Trinajstić information content (AvgIpc) is 3.46. The molecule has 2 aromatic heterocycles. The molecule has 0 saturated carbocycles. The number of nitrogens with zero attached hydrogens (tertiary/aromatic N) is 4. The molecule has 1 aliphatic heterocycles. The summed E-state index contributed by atoms with van der Waals surface area (Å²) in [6.45, 7) is 5.82. The Morgan fingerprint density at radius 2 is 1.97 bits per heavy atom. The topological polar surface area (TPSA) is 245 Å². The first-order valence-corrected chi connectivity index (χ1v) is 14.4. The van der Waals surface area contributed by atoms with Crippen molar-refractivity contribution in [3.05, 3.63) is 12.7 Å². The number of rotatable bonds is 13. The van der Waals surface area contributed by atoms with Gasteiger partial charge in [0, 0.05) is 19.6 Å². The van der Waals surface area contributed by atoms with Crippen LogP contribution in [0.4, 0.5) is 5.82 Å². The van der Waals surface area contributed by atoms with Crippen molar-refractivity contribution in [2.24, 2.45) is 5.50 Å². The highest BCUT2D eigenvalue weighted by molar-refractivity contribution is 7.50. The lowest BCUT2D eigenvalue weighted by molar-refractivity contribution is -0.191. The maximum atomic E-state index is 11.1. The van der Waals surface area contributed by atoms with Crippen LogP contribution in [0.3, 0.4) is 0 Å². The van der Waals surface area contributed by atoms with Crippen molar-refractivity contribution in [3.8, 4) is 0 Å². The Morgan fingerprint density at radius 3 is 2.55 bits per heavy atom. The molecule has 1 fully saturated rings. The van der Waals surface area contributed by atoms with E-state index in [1.54, 1.807) is 25.3 Å². The molecule has 0 aromatic carbocycles. The largest absolute Gasteiger partial charge is 0.465 e. The van der Waals surface area contributed by atoms with Crippen LogP contribution >= 0.6 is 16.2 Å². The van der Waals surface area contributed by atoms with E-state index in [9.17, 15) is 19.0 Å². The first-order valence-electron chi connectivity index (χ1n) is 11.7. The van der Waals surface area contributed by atoms with Crippen LogP contribution in [0.15, 0.2) is 12.7 Å². The fourth-order valence-corrected chi connectivity index (χ4v) is 4.40. The number of esters is 1. The fourth-order valence-electron chi connectivity index (χ4n) is 3.39. The Labute approximate surface area is 219 Å². The second-order valence-electron chi connectivity index (χ2n) is 7.69. The van der Waals surface area contributed by atoms with E-state index in [1.807, 2.05) is 0 Å². The first kappa shape index (κ1) is 32.2. The lowest BCUT2D eigenvalue weighted by Crippen LogP contribution is -2.47. The molecule has 0 bridgehead atoms. The van der Waals surface area contributed by atoms with Crippen molar-refractivity contribution in [2.45, 2.75) is 51.3 Å². The van der Waals surface area contributed by atoms with Gasteiger partial charge in [0.2, 0.25) is 0 Å². The minimum absolute atomic E-state index is 0.0942. The number of carbonyl (C=O) groups excluding carboxylic acids is 1. The quantitative estimate of drug-likeness (QED) is 0.115. The van der Waals surface area contributed by atoms with Crippen LogP contribution in [0.25, 0.3) is 11.2 Å². The summed E-state index contributed by atoms with van der Waals surface area (Å²) in [6, 6.07) is 0. The molecule has 2 aromatic rings. The molecule has 38 heavy (non-hydrogen) atoms. The van der Waals surface area contributed by atoms with Crippen LogP contribution < -0.4 is 16.6 Å². The predicted molar refractivity (Wildman–Crippen MR) is 135 cm³/mol. The van der Waals surface area contributed by atoms with E-state index in [4.69, 9.17) is 35.1 Å². The van der Waals surface area contributed by atoms with Gasteiger partial charge in [-0.1, -0.05) is 0 Å². The molecule has 1 aliphatic rings. The predicted octanol–water partition coefficient (Wildman–Crippen LogP) is -0.288. The molecule has 5 atom stereocenters. The van der Waals surface area contributed by atoms with Gasteiger partial charge in [0.25, 0.3) is 5.65 Å². The summed E-state index contributed by atoms with van der Waals surface area (Å²) in [4.78, 5) is 32.1. The van der Waals surface area contributed by atoms with Crippen LogP contribution in [0.1, 0.15) is 33.4 Å². The minimum Gasteiger partial charge on any atom is -0.465 e. The minimum atomic E-state index is -4.12. The highest BCUT2D eigenvalue weighted by Crippen LogP contribution is 2.36. The van der Waals surface area contributed by atoms with Crippen LogP contribution in [0.5, 0.6) is 0 Å². The highest BCUT2D eigenvalue weighted by atomic mass is 31.2. The van der Waals surface area contributed by atoms with E-state index < -0.39 is 46.3 Å². The third-order valence-electron chi connectivity index (χ3n) is 4.98. The zero-order valence-electron chi connectivity index (χ0n) is 21.3. The number of aliphatic hydroxyl groups excluding tert-OH is 1. The maximum Gasteiger partial charge on any atom is 0.400 e. The van der Waals surface area contributed by atoms with E-state index in [-0.39, 0.29) is 25.4 Å². The van der Waals surface area contributed by atoms with Gasteiger partial charge in [0.1, 0.15) is 32.6 Å².